The molecule has 2 aliphatic rings. The van der Waals surface area contributed by atoms with Crippen LogP contribution in [0, 0.1) is 0 Å². The zero-order chi connectivity index (χ0) is 19.5. The van der Waals surface area contributed by atoms with E-state index in [0.717, 1.165) is 28.1 Å². The molecular formula is C25H20N2O2. The number of aromatic nitrogens is 1. The number of hydrogen-bond acceptors (Lipinski definition) is 2. The van der Waals surface area contributed by atoms with Crippen LogP contribution in [0.25, 0.3) is 10.9 Å². The first-order valence-electron chi connectivity index (χ1n) is 9.90. The van der Waals surface area contributed by atoms with Gasteiger partial charge in [0.1, 0.15) is 5.75 Å². The Morgan fingerprint density at radius 2 is 1.72 bits per heavy atom. The quantitative estimate of drug-likeness (QED) is 0.539. The predicted molar refractivity (Wildman–Crippen MR) is 112 cm³/mol. The van der Waals surface area contributed by atoms with Crippen molar-refractivity contribution in [3.63, 3.8) is 0 Å². The molecule has 1 aromatic heterocycles. The highest BCUT2D eigenvalue weighted by molar-refractivity contribution is 6.01. The molecular weight excluding hydrogens is 360 g/mol. The molecule has 0 fully saturated rings. The number of ether oxygens (including phenoxy) is 1. The van der Waals surface area contributed by atoms with Gasteiger partial charge in [0.25, 0.3) is 5.91 Å². The van der Waals surface area contributed by atoms with Crippen molar-refractivity contribution < 1.29 is 9.53 Å². The second kappa shape index (κ2) is 5.98. The first-order valence-corrected chi connectivity index (χ1v) is 9.90. The second-order valence-corrected chi connectivity index (χ2v) is 7.77. The molecule has 142 valence electrons. The lowest BCUT2D eigenvalue weighted by Crippen LogP contribution is -2.37. The van der Waals surface area contributed by atoms with Crippen LogP contribution in [0.4, 0.5) is 0 Å². The third-order valence-corrected chi connectivity index (χ3v) is 6.35. The van der Waals surface area contributed by atoms with Gasteiger partial charge in [0, 0.05) is 34.6 Å². The number of carbonyl (C=O) groups is 1. The van der Waals surface area contributed by atoms with Gasteiger partial charge in [-0.05, 0) is 41.0 Å². The second-order valence-electron chi connectivity index (χ2n) is 7.77. The molecule has 4 heteroatoms. The van der Waals surface area contributed by atoms with Gasteiger partial charge in [-0.3, -0.25) is 4.79 Å². The van der Waals surface area contributed by atoms with Crippen molar-refractivity contribution >= 4 is 16.8 Å². The minimum atomic E-state index is -0.0457. The van der Waals surface area contributed by atoms with E-state index in [1.54, 1.807) is 7.11 Å². The Morgan fingerprint density at radius 3 is 2.55 bits per heavy atom. The number of carbonyl (C=O) groups excluding carboxylic acids is 1. The summed E-state index contributed by atoms with van der Waals surface area (Å²) in [4.78, 5) is 18.9. The topological polar surface area (TPSA) is 45.3 Å². The molecule has 2 atom stereocenters. The van der Waals surface area contributed by atoms with Crippen molar-refractivity contribution in [2.24, 2.45) is 0 Å². The summed E-state index contributed by atoms with van der Waals surface area (Å²) in [5.41, 5.74) is 6.66. The zero-order valence-electron chi connectivity index (χ0n) is 16.1. The summed E-state index contributed by atoms with van der Waals surface area (Å²) in [6, 6.07) is 24.6. The van der Waals surface area contributed by atoms with Crippen LogP contribution in [-0.2, 0) is 0 Å². The zero-order valence-corrected chi connectivity index (χ0v) is 16.1. The van der Waals surface area contributed by atoms with E-state index >= 15 is 0 Å². The first kappa shape index (κ1) is 16.4. The molecule has 0 saturated heterocycles. The Kier molecular flexibility index (Phi) is 3.39. The molecule has 0 unspecified atom stereocenters. The number of benzene rings is 3. The molecule has 29 heavy (non-hydrogen) atoms. The van der Waals surface area contributed by atoms with Crippen molar-refractivity contribution in [3.8, 4) is 5.75 Å². The fraction of sp³-hybridized carbons (Fsp3) is 0.160. The van der Waals surface area contributed by atoms with Gasteiger partial charge in [0.15, 0.2) is 0 Å². The molecule has 0 bridgehead atoms. The Labute approximate surface area is 168 Å². The van der Waals surface area contributed by atoms with Crippen LogP contribution in [0.3, 0.4) is 0 Å². The maximum Gasteiger partial charge on any atom is 0.255 e. The van der Waals surface area contributed by atoms with E-state index in [2.05, 4.69) is 47.4 Å². The lowest BCUT2D eigenvalue weighted by atomic mass is 9.83. The maximum atomic E-state index is 13.2. The molecule has 0 radical (unpaired) electrons. The lowest BCUT2D eigenvalue weighted by Gasteiger charge is -2.36. The van der Waals surface area contributed by atoms with Crippen molar-refractivity contribution in [1.29, 1.82) is 0 Å². The molecule has 3 heterocycles. The third-order valence-electron chi connectivity index (χ3n) is 6.35. The largest absolute Gasteiger partial charge is 0.497 e. The summed E-state index contributed by atoms with van der Waals surface area (Å²) in [6.07, 6.45) is 0. The lowest BCUT2D eigenvalue weighted by molar-refractivity contribution is 0.0727. The van der Waals surface area contributed by atoms with Crippen molar-refractivity contribution in [1.82, 2.24) is 9.88 Å². The molecule has 1 N–H and O–H groups in total. The molecule has 2 aliphatic heterocycles. The number of methoxy groups -OCH3 is 1. The van der Waals surface area contributed by atoms with Crippen molar-refractivity contribution in [3.05, 3.63) is 101 Å². The summed E-state index contributed by atoms with van der Waals surface area (Å²) in [5.74, 6) is 1.07. The van der Waals surface area contributed by atoms with E-state index in [1.807, 2.05) is 35.2 Å². The molecule has 0 aliphatic carbocycles. The Bertz CT molecular complexity index is 1260. The minimum Gasteiger partial charge on any atom is -0.497 e. The van der Waals surface area contributed by atoms with Crippen LogP contribution in [0.2, 0.25) is 0 Å². The average Bonchev–Trinajstić information content (AvgIpc) is 3.30. The summed E-state index contributed by atoms with van der Waals surface area (Å²) >= 11 is 0. The SMILES string of the molecule is COc1ccc([C@@H]2CN3C(=O)c4ccccc4[C@@H]3c3[nH]c4ccccc4c32)cc1. The third kappa shape index (κ3) is 2.23. The van der Waals surface area contributed by atoms with Gasteiger partial charge in [0.2, 0.25) is 0 Å². The van der Waals surface area contributed by atoms with E-state index < -0.39 is 0 Å². The highest BCUT2D eigenvalue weighted by Gasteiger charge is 2.45. The number of nitrogens with zero attached hydrogens (tertiary/aromatic N) is 1. The van der Waals surface area contributed by atoms with Gasteiger partial charge in [-0.15, -0.1) is 0 Å². The smallest absolute Gasteiger partial charge is 0.255 e. The standard InChI is InChI=1S/C25H20N2O2/c1-29-16-12-10-15(11-13-16)20-14-27-24(17-6-2-3-7-18(17)25(27)28)23-22(20)19-8-4-5-9-21(19)26-23/h2-13,20,24,26H,14H2,1H3/t20-,24+/m0/s1. The van der Waals surface area contributed by atoms with Crippen LogP contribution in [0.1, 0.15) is 44.7 Å². The minimum absolute atomic E-state index is 0.0457. The molecule has 4 aromatic rings. The van der Waals surface area contributed by atoms with Crippen LogP contribution >= 0.6 is 0 Å². The molecule has 0 spiro atoms. The predicted octanol–water partition coefficient (Wildman–Crippen LogP) is 4.87. The monoisotopic (exact) mass is 380 g/mol. The van der Waals surface area contributed by atoms with E-state index in [9.17, 15) is 4.79 Å². The number of aromatic amines is 1. The van der Waals surface area contributed by atoms with Gasteiger partial charge in [-0.1, -0.05) is 48.5 Å². The van der Waals surface area contributed by atoms with E-state index in [-0.39, 0.29) is 17.9 Å². The summed E-state index contributed by atoms with van der Waals surface area (Å²) < 4.78 is 5.34. The number of amides is 1. The van der Waals surface area contributed by atoms with E-state index in [4.69, 9.17) is 4.74 Å². The Morgan fingerprint density at radius 1 is 0.966 bits per heavy atom. The fourth-order valence-corrected chi connectivity index (χ4v) is 5.04. The summed E-state index contributed by atoms with van der Waals surface area (Å²) in [5, 5.41) is 1.24. The summed E-state index contributed by atoms with van der Waals surface area (Å²) in [6.45, 7) is 0.666. The number of rotatable bonds is 2. The van der Waals surface area contributed by atoms with Crippen LogP contribution in [0.5, 0.6) is 5.75 Å². The van der Waals surface area contributed by atoms with Crippen LogP contribution < -0.4 is 4.74 Å². The molecule has 6 rings (SSSR count). The Hall–Kier alpha value is -3.53. The highest BCUT2D eigenvalue weighted by Crippen LogP contribution is 2.49. The molecule has 1 amide bonds. The van der Waals surface area contributed by atoms with Crippen molar-refractivity contribution in [2.45, 2.75) is 12.0 Å². The average molecular weight is 380 g/mol. The van der Waals surface area contributed by atoms with E-state index in [1.165, 1.54) is 16.5 Å². The maximum absolute atomic E-state index is 13.2. The van der Waals surface area contributed by atoms with Gasteiger partial charge in [0.05, 0.1) is 13.2 Å². The van der Waals surface area contributed by atoms with Gasteiger partial charge < -0.3 is 14.6 Å². The summed E-state index contributed by atoms with van der Waals surface area (Å²) in [7, 11) is 1.68. The normalized spacial score (nSPS) is 19.8. The van der Waals surface area contributed by atoms with Gasteiger partial charge >= 0.3 is 0 Å². The number of fused-ring (bicyclic) bond motifs is 7. The van der Waals surface area contributed by atoms with Crippen LogP contribution in [0.15, 0.2) is 72.8 Å². The molecule has 0 saturated carbocycles. The number of nitrogens with one attached hydrogen (secondary N) is 1. The fourth-order valence-electron chi connectivity index (χ4n) is 5.04. The van der Waals surface area contributed by atoms with Crippen LogP contribution in [-0.4, -0.2) is 29.4 Å². The highest BCUT2D eigenvalue weighted by atomic mass is 16.5. The Balaban J connectivity index is 1.60. The number of hydrogen-bond donors (Lipinski definition) is 1. The molecule has 4 nitrogen and oxygen atoms in total. The number of para-hydroxylation sites is 1. The van der Waals surface area contributed by atoms with Crippen molar-refractivity contribution in [2.75, 3.05) is 13.7 Å². The first-order chi connectivity index (χ1) is 14.3. The van der Waals surface area contributed by atoms with Gasteiger partial charge in [-0.25, -0.2) is 0 Å². The molecule has 3 aromatic carbocycles. The van der Waals surface area contributed by atoms with E-state index in [0.29, 0.717) is 6.54 Å². The van der Waals surface area contributed by atoms with Gasteiger partial charge in [-0.2, -0.15) is 0 Å². The number of H-pyrrole nitrogens is 1.